The van der Waals surface area contributed by atoms with Crippen LogP contribution >= 0.6 is 0 Å². The van der Waals surface area contributed by atoms with Crippen molar-refractivity contribution >= 4 is 11.9 Å². The number of unbranched alkanes of at least 4 members (excludes halogenated alkanes) is 23. The lowest BCUT2D eigenvalue weighted by molar-refractivity contribution is -0.161. The molecule has 0 aliphatic carbocycles. The lowest BCUT2D eigenvalue weighted by atomic mass is 10.0. The SMILES string of the molecule is CCCCCCCCCCCCCCCCCCCCCCC(=O)OC(CO)COC(=O)CCCCCCC. The van der Waals surface area contributed by atoms with Gasteiger partial charge < -0.3 is 14.6 Å². The van der Waals surface area contributed by atoms with Gasteiger partial charge in [0.25, 0.3) is 0 Å². The smallest absolute Gasteiger partial charge is 0.306 e. The molecule has 0 bridgehead atoms. The van der Waals surface area contributed by atoms with Gasteiger partial charge in [0.15, 0.2) is 6.10 Å². The minimum absolute atomic E-state index is 0.0602. The van der Waals surface area contributed by atoms with Gasteiger partial charge in [0.2, 0.25) is 0 Å². The molecule has 0 fully saturated rings. The highest BCUT2D eigenvalue weighted by molar-refractivity contribution is 5.70. The Morgan fingerprint density at radius 2 is 0.795 bits per heavy atom. The Morgan fingerprint density at radius 1 is 0.487 bits per heavy atom. The van der Waals surface area contributed by atoms with Crippen LogP contribution in [-0.4, -0.2) is 36.4 Å². The van der Waals surface area contributed by atoms with E-state index in [0.29, 0.717) is 12.8 Å². The van der Waals surface area contributed by atoms with Gasteiger partial charge >= 0.3 is 11.9 Å². The first-order valence-electron chi connectivity index (χ1n) is 17.1. The van der Waals surface area contributed by atoms with Gasteiger partial charge in [0.05, 0.1) is 6.61 Å². The van der Waals surface area contributed by atoms with E-state index < -0.39 is 6.10 Å². The van der Waals surface area contributed by atoms with Crippen molar-refractivity contribution in [1.82, 2.24) is 0 Å². The van der Waals surface area contributed by atoms with Crippen molar-refractivity contribution in [3.8, 4) is 0 Å². The van der Waals surface area contributed by atoms with E-state index in [2.05, 4.69) is 13.8 Å². The summed E-state index contributed by atoms with van der Waals surface area (Å²) in [6.07, 6.45) is 32.0. The molecule has 0 saturated carbocycles. The van der Waals surface area contributed by atoms with E-state index in [1.807, 2.05) is 0 Å². The van der Waals surface area contributed by atoms with Crippen LogP contribution in [0.1, 0.15) is 187 Å². The van der Waals surface area contributed by atoms with E-state index >= 15 is 0 Å². The third-order valence-corrected chi connectivity index (χ3v) is 7.65. The Kier molecular flexibility index (Phi) is 30.5. The largest absolute Gasteiger partial charge is 0.462 e. The second-order valence-electron chi connectivity index (χ2n) is 11.6. The highest BCUT2D eigenvalue weighted by atomic mass is 16.6. The van der Waals surface area contributed by atoms with Crippen LogP contribution in [0.4, 0.5) is 0 Å². The first-order chi connectivity index (χ1) is 19.1. The van der Waals surface area contributed by atoms with Gasteiger partial charge in [-0.3, -0.25) is 9.59 Å². The second-order valence-corrected chi connectivity index (χ2v) is 11.6. The van der Waals surface area contributed by atoms with Gasteiger partial charge in [0, 0.05) is 12.8 Å². The first-order valence-corrected chi connectivity index (χ1v) is 17.1. The highest BCUT2D eigenvalue weighted by Crippen LogP contribution is 2.15. The molecular formula is C34H66O5. The summed E-state index contributed by atoms with van der Waals surface area (Å²) in [5, 5.41) is 9.43. The van der Waals surface area contributed by atoms with Gasteiger partial charge in [-0.05, 0) is 12.8 Å². The number of carbonyl (C=O) groups is 2. The third kappa shape index (κ3) is 29.7. The van der Waals surface area contributed by atoms with Gasteiger partial charge in [-0.1, -0.05) is 162 Å². The molecular weight excluding hydrogens is 488 g/mol. The molecule has 1 unspecified atom stereocenters. The van der Waals surface area contributed by atoms with Crippen molar-refractivity contribution in [2.24, 2.45) is 0 Å². The summed E-state index contributed by atoms with van der Waals surface area (Å²) in [5.74, 6) is -0.595. The number of aliphatic hydroxyl groups excluding tert-OH is 1. The summed E-state index contributed by atoms with van der Waals surface area (Å²) in [6.45, 7) is 4.06. The maximum absolute atomic E-state index is 12.0. The number of carbonyl (C=O) groups excluding carboxylic acids is 2. The van der Waals surface area contributed by atoms with Crippen LogP contribution in [-0.2, 0) is 19.1 Å². The summed E-state index contributed by atoms with van der Waals surface area (Å²) in [7, 11) is 0. The van der Waals surface area contributed by atoms with Gasteiger partial charge in [-0.2, -0.15) is 0 Å². The molecule has 0 aromatic rings. The summed E-state index contributed by atoms with van der Waals surface area (Å²) in [6, 6.07) is 0. The molecule has 232 valence electrons. The molecule has 0 spiro atoms. The van der Waals surface area contributed by atoms with Gasteiger partial charge in [-0.15, -0.1) is 0 Å². The predicted molar refractivity (Wildman–Crippen MR) is 164 cm³/mol. The Bertz CT molecular complexity index is 522. The molecule has 0 heterocycles. The summed E-state index contributed by atoms with van der Waals surface area (Å²) in [5.41, 5.74) is 0. The molecule has 39 heavy (non-hydrogen) atoms. The zero-order valence-electron chi connectivity index (χ0n) is 26.2. The number of ether oxygens (including phenoxy) is 2. The van der Waals surface area contributed by atoms with E-state index in [0.717, 1.165) is 38.5 Å². The molecule has 0 aromatic heterocycles. The lowest BCUT2D eigenvalue weighted by Crippen LogP contribution is -2.28. The van der Waals surface area contributed by atoms with Crippen molar-refractivity contribution in [2.75, 3.05) is 13.2 Å². The van der Waals surface area contributed by atoms with Crippen LogP contribution in [0.5, 0.6) is 0 Å². The minimum Gasteiger partial charge on any atom is -0.462 e. The van der Waals surface area contributed by atoms with Crippen LogP contribution in [0.25, 0.3) is 0 Å². The van der Waals surface area contributed by atoms with Gasteiger partial charge in [-0.25, -0.2) is 0 Å². The molecule has 0 amide bonds. The molecule has 1 atom stereocenters. The average Bonchev–Trinajstić information content (AvgIpc) is 2.94. The molecule has 0 aromatic carbocycles. The fourth-order valence-corrected chi connectivity index (χ4v) is 5.02. The Hall–Kier alpha value is -1.10. The maximum atomic E-state index is 12.0. The van der Waals surface area contributed by atoms with Crippen LogP contribution in [0.2, 0.25) is 0 Å². The number of rotatable bonds is 31. The monoisotopic (exact) mass is 554 g/mol. The highest BCUT2D eigenvalue weighted by Gasteiger charge is 2.16. The van der Waals surface area contributed by atoms with E-state index in [-0.39, 0.29) is 25.2 Å². The van der Waals surface area contributed by atoms with E-state index in [1.165, 1.54) is 122 Å². The van der Waals surface area contributed by atoms with Crippen molar-refractivity contribution in [3.63, 3.8) is 0 Å². The van der Waals surface area contributed by atoms with E-state index in [1.54, 1.807) is 0 Å². The van der Waals surface area contributed by atoms with Crippen LogP contribution in [0, 0.1) is 0 Å². The summed E-state index contributed by atoms with van der Waals surface area (Å²) >= 11 is 0. The van der Waals surface area contributed by atoms with Crippen molar-refractivity contribution < 1.29 is 24.2 Å². The average molecular weight is 555 g/mol. The predicted octanol–water partition coefficient (Wildman–Crippen LogP) is 10.0. The number of esters is 2. The summed E-state index contributed by atoms with van der Waals surface area (Å²) < 4.78 is 10.5. The van der Waals surface area contributed by atoms with E-state index in [4.69, 9.17) is 9.47 Å². The zero-order valence-corrected chi connectivity index (χ0v) is 26.2. The maximum Gasteiger partial charge on any atom is 0.306 e. The van der Waals surface area contributed by atoms with Crippen molar-refractivity contribution in [2.45, 2.75) is 193 Å². The third-order valence-electron chi connectivity index (χ3n) is 7.65. The molecule has 0 saturated heterocycles. The molecule has 0 aliphatic heterocycles. The molecule has 0 aliphatic rings. The fourth-order valence-electron chi connectivity index (χ4n) is 5.02. The first kappa shape index (κ1) is 37.9. The van der Waals surface area contributed by atoms with Crippen LogP contribution < -0.4 is 0 Å². The molecule has 5 heteroatoms. The van der Waals surface area contributed by atoms with Crippen molar-refractivity contribution in [3.05, 3.63) is 0 Å². The molecule has 1 N–H and O–H groups in total. The summed E-state index contributed by atoms with van der Waals surface area (Å²) in [4.78, 5) is 23.9. The minimum atomic E-state index is -0.758. The Labute approximate surface area is 242 Å². The van der Waals surface area contributed by atoms with Crippen LogP contribution in [0.3, 0.4) is 0 Å². The standard InChI is InChI=1S/C34H66O5/c1-3-5-7-9-10-11-12-13-14-15-16-17-18-19-20-21-22-23-25-27-29-34(37)39-32(30-35)31-38-33(36)28-26-24-8-6-4-2/h32,35H,3-31H2,1-2H3. The fraction of sp³-hybridized carbons (Fsp3) is 0.941. The quantitative estimate of drug-likeness (QED) is 0.0681. The Balaban J connectivity index is 3.42. The van der Waals surface area contributed by atoms with E-state index in [9.17, 15) is 14.7 Å². The van der Waals surface area contributed by atoms with Crippen molar-refractivity contribution in [1.29, 1.82) is 0 Å². The molecule has 0 rings (SSSR count). The number of hydrogen-bond acceptors (Lipinski definition) is 5. The number of aliphatic hydroxyl groups is 1. The van der Waals surface area contributed by atoms with Crippen LogP contribution in [0.15, 0.2) is 0 Å². The zero-order chi connectivity index (χ0) is 28.7. The topological polar surface area (TPSA) is 72.8 Å². The normalized spacial score (nSPS) is 12.0. The molecule has 5 nitrogen and oxygen atoms in total. The van der Waals surface area contributed by atoms with Gasteiger partial charge in [0.1, 0.15) is 6.61 Å². The lowest BCUT2D eigenvalue weighted by Gasteiger charge is -2.15. The number of hydrogen-bond donors (Lipinski definition) is 1. The second kappa shape index (κ2) is 31.4. The Morgan fingerprint density at radius 3 is 1.13 bits per heavy atom. The molecule has 0 radical (unpaired) electrons.